The summed E-state index contributed by atoms with van der Waals surface area (Å²) >= 11 is 7.95. The fourth-order valence-electron chi connectivity index (χ4n) is 3.44. The number of aromatic nitrogens is 3. The Labute approximate surface area is 222 Å². The third-order valence-corrected chi connectivity index (χ3v) is 6.19. The molecule has 0 unspecified atom stereocenters. The second kappa shape index (κ2) is 12.6. The van der Waals surface area contributed by atoms with Gasteiger partial charge in [-0.25, -0.2) is 15.0 Å². The van der Waals surface area contributed by atoms with E-state index >= 15 is 0 Å². The summed E-state index contributed by atoms with van der Waals surface area (Å²) in [4.78, 5) is 24.9. The molecule has 0 spiro atoms. The summed E-state index contributed by atoms with van der Waals surface area (Å²) in [6, 6.07) is 10.4. The number of fused-ring (bicyclic) bond motifs is 1. The van der Waals surface area contributed by atoms with Gasteiger partial charge in [0.2, 0.25) is 5.91 Å². The molecular formula is C25H26ClN5O5S. The van der Waals surface area contributed by atoms with Gasteiger partial charge in [-0.3, -0.25) is 4.79 Å². The zero-order chi connectivity index (χ0) is 26.2. The van der Waals surface area contributed by atoms with Crippen molar-refractivity contribution in [2.45, 2.75) is 32.1 Å². The van der Waals surface area contributed by atoms with E-state index in [-0.39, 0.29) is 19.6 Å². The van der Waals surface area contributed by atoms with E-state index in [9.17, 15) is 9.90 Å². The zero-order valence-electron chi connectivity index (χ0n) is 19.9. The maximum atomic E-state index is 12.0. The minimum atomic E-state index is -1.27. The number of aliphatic hydroxyl groups is 2. The van der Waals surface area contributed by atoms with E-state index < -0.39 is 18.1 Å². The lowest BCUT2D eigenvalue weighted by Gasteiger charge is -2.18. The maximum Gasteiger partial charge on any atom is 0.249 e. The molecule has 0 aliphatic carbocycles. The molecule has 2 aromatic heterocycles. The van der Waals surface area contributed by atoms with E-state index in [1.807, 2.05) is 23.6 Å². The highest BCUT2D eigenvalue weighted by molar-refractivity contribution is 7.07. The Hall–Kier alpha value is -3.51. The first-order valence-electron chi connectivity index (χ1n) is 11.5. The molecule has 2 aromatic carbocycles. The Balaban J connectivity index is 1.47. The van der Waals surface area contributed by atoms with Crippen LogP contribution in [-0.2, 0) is 11.4 Å². The second-order valence-electron chi connectivity index (χ2n) is 8.16. The predicted octanol–water partition coefficient (Wildman–Crippen LogP) is 3.69. The number of benzene rings is 2. The van der Waals surface area contributed by atoms with Crippen LogP contribution in [-0.4, -0.2) is 56.4 Å². The number of anilines is 2. The Morgan fingerprint density at radius 1 is 1.16 bits per heavy atom. The fourth-order valence-corrected chi connectivity index (χ4v) is 4.21. The monoisotopic (exact) mass is 543 g/mol. The molecule has 12 heteroatoms. The number of rotatable bonds is 12. The van der Waals surface area contributed by atoms with Crippen molar-refractivity contribution in [2.75, 3.05) is 18.5 Å². The number of carbonyl (C=O) groups excluding carboxylic acids is 1. The summed E-state index contributed by atoms with van der Waals surface area (Å²) in [6.45, 7) is 1.94. The van der Waals surface area contributed by atoms with Gasteiger partial charge in [0.25, 0.3) is 0 Å². The third kappa shape index (κ3) is 7.04. The molecule has 0 radical (unpaired) electrons. The fraction of sp³-hybridized carbons (Fsp3) is 0.280. The number of hydrogen-bond donors (Lipinski definition) is 4. The van der Waals surface area contributed by atoms with E-state index in [0.29, 0.717) is 45.5 Å². The number of hydrogen-bond acceptors (Lipinski definition) is 10. The van der Waals surface area contributed by atoms with Crippen LogP contribution in [0.4, 0.5) is 11.5 Å². The highest BCUT2D eigenvalue weighted by Crippen LogP contribution is 2.34. The van der Waals surface area contributed by atoms with Crippen LogP contribution in [0.3, 0.4) is 0 Å². The molecule has 4 aromatic rings. The highest BCUT2D eigenvalue weighted by Gasteiger charge is 2.18. The minimum Gasteiger partial charge on any atom is -0.491 e. The van der Waals surface area contributed by atoms with Crippen molar-refractivity contribution in [1.29, 1.82) is 0 Å². The summed E-state index contributed by atoms with van der Waals surface area (Å²) in [6.07, 6.45) is 0.148. The summed E-state index contributed by atoms with van der Waals surface area (Å²) in [5, 5.41) is 27.6. The Morgan fingerprint density at radius 3 is 2.78 bits per heavy atom. The summed E-state index contributed by atoms with van der Waals surface area (Å²) in [5.74, 6) is 1.01. The summed E-state index contributed by atoms with van der Waals surface area (Å²) < 4.78 is 11.8. The molecule has 4 rings (SSSR count). The smallest absolute Gasteiger partial charge is 0.249 e. The van der Waals surface area contributed by atoms with Gasteiger partial charge in [-0.15, -0.1) is 11.3 Å². The lowest BCUT2D eigenvalue weighted by molar-refractivity contribution is -0.130. The van der Waals surface area contributed by atoms with E-state index in [1.165, 1.54) is 17.7 Å². The van der Waals surface area contributed by atoms with E-state index in [0.717, 1.165) is 5.69 Å². The lowest BCUT2D eigenvalue weighted by Crippen LogP contribution is -2.42. The van der Waals surface area contributed by atoms with Crippen LogP contribution in [0.5, 0.6) is 11.5 Å². The van der Waals surface area contributed by atoms with E-state index in [4.69, 9.17) is 26.2 Å². The molecule has 10 nitrogen and oxygen atoms in total. The van der Waals surface area contributed by atoms with Gasteiger partial charge in [-0.05, 0) is 37.3 Å². The molecule has 0 aliphatic rings. The molecule has 2 heterocycles. The van der Waals surface area contributed by atoms with Gasteiger partial charge in [0.15, 0.2) is 0 Å². The maximum absolute atomic E-state index is 12.0. The SMILES string of the molecule is C[C@H](COc1cccc2ncnc(Nc3ccc(OCc4cscn4)c(Cl)c3)c12)NC(=O)[C@H](O)CCO. The largest absolute Gasteiger partial charge is 0.491 e. The molecule has 0 saturated heterocycles. The third-order valence-electron chi connectivity index (χ3n) is 5.26. The highest BCUT2D eigenvalue weighted by atomic mass is 35.5. The van der Waals surface area contributed by atoms with Crippen molar-refractivity contribution in [3.63, 3.8) is 0 Å². The van der Waals surface area contributed by atoms with Crippen molar-refractivity contribution >= 4 is 51.3 Å². The standard InChI is InChI=1S/C25H26ClN5O5S/c1-15(30-25(34)20(33)7-8-32)10-35-22-4-2-3-19-23(22)24(28-13-27-19)31-16-5-6-21(18(26)9-16)36-11-17-12-37-14-29-17/h2-6,9,12-15,20,32-33H,7-8,10-11H2,1H3,(H,30,34)(H,27,28,31)/t15-,20-/m1/s1. The molecule has 194 valence electrons. The van der Waals surface area contributed by atoms with Gasteiger partial charge in [0, 0.05) is 24.1 Å². The average Bonchev–Trinajstić information content (AvgIpc) is 3.41. The molecular weight excluding hydrogens is 518 g/mol. The molecule has 0 bridgehead atoms. The number of ether oxygens (including phenoxy) is 2. The van der Waals surface area contributed by atoms with E-state index in [1.54, 1.807) is 30.6 Å². The first-order chi connectivity index (χ1) is 17.9. The van der Waals surface area contributed by atoms with Gasteiger partial charge in [-0.1, -0.05) is 17.7 Å². The number of thiazole rings is 1. The van der Waals surface area contributed by atoms with Gasteiger partial charge < -0.3 is 30.3 Å². The Kier molecular flexibility index (Phi) is 9.07. The van der Waals surface area contributed by atoms with Crippen molar-refractivity contribution in [3.8, 4) is 11.5 Å². The van der Waals surface area contributed by atoms with Crippen LogP contribution in [0.2, 0.25) is 5.02 Å². The van der Waals surface area contributed by atoms with Crippen LogP contribution in [0.15, 0.2) is 53.6 Å². The van der Waals surface area contributed by atoms with Gasteiger partial charge >= 0.3 is 0 Å². The molecule has 0 saturated carbocycles. The molecule has 0 fully saturated rings. The van der Waals surface area contributed by atoms with Crippen molar-refractivity contribution < 1.29 is 24.5 Å². The Bertz CT molecular complexity index is 1340. The average molecular weight is 544 g/mol. The predicted molar refractivity (Wildman–Crippen MR) is 142 cm³/mol. The first kappa shape index (κ1) is 26.6. The lowest BCUT2D eigenvalue weighted by atomic mass is 10.2. The first-order valence-corrected chi connectivity index (χ1v) is 12.8. The van der Waals surface area contributed by atoms with Gasteiger partial charge in [0.1, 0.15) is 43.0 Å². The quantitative estimate of drug-likeness (QED) is 0.211. The van der Waals surface area contributed by atoms with Crippen LogP contribution in [0, 0.1) is 0 Å². The van der Waals surface area contributed by atoms with Crippen molar-refractivity contribution in [1.82, 2.24) is 20.3 Å². The van der Waals surface area contributed by atoms with Crippen molar-refractivity contribution in [3.05, 3.63) is 64.3 Å². The van der Waals surface area contributed by atoms with Crippen molar-refractivity contribution in [2.24, 2.45) is 0 Å². The molecule has 37 heavy (non-hydrogen) atoms. The van der Waals surface area contributed by atoms with E-state index in [2.05, 4.69) is 25.6 Å². The van der Waals surface area contributed by atoms with Gasteiger partial charge in [-0.2, -0.15) is 0 Å². The second-order valence-corrected chi connectivity index (χ2v) is 9.29. The number of nitrogens with one attached hydrogen (secondary N) is 2. The number of halogens is 1. The number of amides is 1. The number of carbonyl (C=O) groups is 1. The summed E-state index contributed by atoms with van der Waals surface area (Å²) in [5.41, 5.74) is 3.94. The zero-order valence-corrected chi connectivity index (χ0v) is 21.5. The topological polar surface area (TPSA) is 139 Å². The number of nitrogens with zero attached hydrogens (tertiary/aromatic N) is 3. The van der Waals surface area contributed by atoms with Gasteiger partial charge in [0.05, 0.1) is 33.2 Å². The van der Waals surface area contributed by atoms with Crippen LogP contribution >= 0.6 is 22.9 Å². The van der Waals surface area contributed by atoms with Crippen LogP contribution in [0.25, 0.3) is 10.9 Å². The number of aliphatic hydroxyl groups excluding tert-OH is 2. The molecule has 2 atom stereocenters. The Morgan fingerprint density at radius 2 is 2.03 bits per heavy atom. The molecule has 1 amide bonds. The van der Waals surface area contributed by atoms with Crippen LogP contribution in [0.1, 0.15) is 19.0 Å². The van der Waals surface area contributed by atoms with Crippen LogP contribution < -0.4 is 20.1 Å². The molecule has 0 aliphatic heterocycles. The normalized spacial score (nSPS) is 12.6. The minimum absolute atomic E-state index is 0.0297. The summed E-state index contributed by atoms with van der Waals surface area (Å²) in [7, 11) is 0. The molecule has 4 N–H and O–H groups in total.